The molecule has 0 heterocycles. The summed E-state index contributed by atoms with van der Waals surface area (Å²) in [5.41, 5.74) is -1.26. The molecule has 8 heteroatoms. The first-order valence-corrected chi connectivity index (χ1v) is 6.67. The average molecular weight is 344 g/mol. The Labute approximate surface area is 136 Å². The number of ether oxygens (including phenoxy) is 1. The normalized spacial score (nSPS) is 12.6. The second-order valence-electron chi connectivity index (χ2n) is 4.56. The molecule has 130 valence electrons. The molecule has 0 bridgehead atoms. The highest BCUT2D eigenvalue weighted by molar-refractivity contribution is 5.92. The molecule has 1 aromatic carbocycles. The number of carbonyl (C=O) groups excluding carboxylic acids is 1. The number of amides is 2. The summed E-state index contributed by atoms with van der Waals surface area (Å²) in [5.74, 6) is -0.687. The van der Waals surface area contributed by atoms with E-state index in [0.717, 1.165) is 24.3 Å². The molecule has 0 aliphatic carbocycles. The second kappa shape index (κ2) is 8.19. The maximum Gasteiger partial charge on any atom is 0.416 e. The van der Waals surface area contributed by atoms with E-state index in [1.165, 1.54) is 26.2 Å². The summed E-state index contributed by atoms with van der Waals surface area (Å²) < 4.78 is 56.7. The zero-order valence-electron chi connectivity index (χ0n) is 13.0. The van der Waals surface area contributed by atoms with Crippen LogP contribution >= 0.6 is 0 Å². The van der Waals surface area contributed by atoms with Crippen molar-refractivity contribution in [2.24, 2.45) is 0 Å². The van der Waals surface area contributed by atoms with Gasteiger partial charge in [-0.15, -0.1) is 0 Å². The van der Waals surface area contributed by atoms with Crippen molar-refractivity contribution >= 4 is 11.7 Å². The lowest BCUT2D eigenvalue weighted by molar-refractivity contribution is -0.137. The van der Waals surface area contributed by atoms with Gasteiger partial charge in [0.25, 0.3) is 0 Å². The van der Waals surface area contributed by atoms with E-state index in [-0.39, 0.29) is 17.1 Å². The van der Waals surface area contributed by atoms with Gasteiger partial charge in [0.05, 0.1) is 24.1 Å². The molecule has 0 aliphatic heterocycles. The van der Waals surface area contributed by atoms with Crippen molar-refractivity contribution in [3.05, 3.63) is 60.1 Å². The van der Waals surface area contributed by atoms with E-state index in [1.807, 2.05) is 0 Å². The van der Waals surface area contributed by atoms with Crippen LogP contribution in [0.1, 0.15) is 12.5 Å². The first-order valence-electron chi connectivity index (χ1n) is 6.67. The number of rotatable bonds is 5. The molecule has 2 amide bonds. The molecule has 1 rings (SSSR count). The summed E-state index contributed by atoms with van der Waals surface area (Å²) in [6, 6.07) is 1.72. The van der Waals surface area contributed by atoms with Crippen molar-refractivity contribution in [2.75, 3.05) is 12.4 Å². The van der Waals surface area contributed by atoms with E-state index in [2.05, 4.69) is 17.2 Å². The number of carbonyl (C=O) groups is 1. The van der Waals surface area contributed by atoms with E-state index in [0.29, 0.717) is 0 Å². The smallest absolute Gasteiger partial charge is 0.416 e. The van der Waals surface area contributed by atoms with Gasteiger partial charge < -0.3 is 15.4 Å². The Morgan fingerprint density at radius 2 is 2.00 bits per heavy atom. The van der Waals surface area contributed by atoms with E-state index in [9.17, 15) is 22.4 Å². The van der Waals surface area contributed by atoms with Gasteiger partial charge in [0.1, 0.15) is 11.6 Å². The molecule has 4 nitrogen and oxygen atoms in total. The minimum Gasteiger partial charge on any atom is -0.495 e. The van der Waals surface area contributed by atoms with E-state index >= 15 is 0 Å². The molecule has 0 atom stereocenters. The number of methoxy groups -OCH3 is 1. The Kier molecular flexibility index (Phi) is 6.58. The van der Waals surface area contributed by atoms with Gasteiger partial charge in [-0.05, 0) is 31.2 Å². The minimum absolute atomic E-state index is 0.0341. The number of benzene rings is 1. The predicted molar refractivity (Wildman–Crippen MR) is 83.3 cm³/mol. The van der Waals surface area contributed by atoms with Gasteiger partial charge in [0.15, 0.2) is 0 Å². The van der Waals surface area contributed by atoms with Crippen LogP contribution in [0.4, 0.5) is 28.0 Å². The number of urea groups is 1. The zero-order valence-corrected chi connectivity index (χ0v) is 13.0. The Morgan fingerprint density at radius 3 is 2.54 bits per heavy atom. The second-order valence-corrected chi connectivity index (χ2v) is 4.56. The van der Waals surface area contributed by atoms with Crippen LogP contribution in [-0.4, -0.2) is 13.1 Å². The van der Waals surface area contributed by atoms with Crippen LogP contribution < -0.4 is 15.4 Å². The van der Waals surface area contributed by atoms with Gasteiger partial charge in [0.2, 0.25) is 0 Å². The number of hydrogen-bond donors (Lipinski definition) is 2. The standard InChI is InChI=1S/C16H16F4N2O2/c1-4-5-6-12(17)10(2)21-15(23)22-13-9-11(16(18,19)20)7-8-14(13)24-3/h4-9H,1H2,2-3H3,(H2,21,22,23)/b6-5-,12-10-. The van der Waals surface area contributed by atoms with Crippen LogP contribution in [0.2, 0.25) is 0 Å². The van der Waals surface area contributed by atoms with Crippen LogP contribution in [0.25, 0.3) is 0 Å². The quantitative estimate of drug-likeness (QED) is 0.597. The molecular formula is C16H16F4N2O2. The lowest BCUT2D eigenvalue weighted by atomic mass is 10.2. The third-order valence-electron chi connectivity index (χ3n) is 2.81. The molecule has 0 saturated heterocycles. The molecule has 2 N–H and O–H groups in total. The van der Waals surface area contributed by atoms with Crippen LogP contribution in [0, 0.1) is 0 Å². The van der Waals surface area contributed by atoms with Crippen molar-refractivity contribution in [3.8, 4) is 5.75 Å². The van der Waals surface area contributed by atoms with Gasteiger partial charge in [-0.1, -0.05) is 18.7 Å². The molecule has 1 aromatic rings. The van der Waals surface area contributed by atoms with Gasteiger partial charge in [0, 0.05) is 0 Å². The number of nitrogens with one attached hydrogen (secondary N) is 2. The van der Waals surface area contributed by atoms with Crippen molar-refractivity contribution in [2.45, 2.75) is 13.1 Å². The van der Waals surface area contributed by atoms with E-state index < -0.39 is 23.6 Å². The summed E-state index contributed by atoms with van der Waals surface area (Å²) in [7, 11) is 1.25. The summed E-state index contributed by atoms with van der Waals surface area (Å²) in [6.07, 6.45) is -0.821. The molecule has 0 fully saturated rings. The van der Waals surface area contributed by atoms with Crippen molar-refractivity contribution in [1.82, 2.24) is 5.32 Å². The first kappa shape index (κ1) is 19.3. The Bertz CT molecular complexity index is 679. The number of alkyl halides is 3. The number of allylic oxidation sites excluding steroid dienone is 5. The predicted octanol–water partition coefficient (Wildman–Crippen LogP) is 4.78. The van der Waals surface area contributed by atoms with Crippen molar-refractivity contribution in [3.63, 3.8) is 0 Å². The van der Waals surface area contributed by atoms with Gasteiger partial charge in [-0.2, -0.15) is 13.2 Å². The van der Waals surface area contributed by atoms with Crippen LogP contribution in [0.15, 0.2) is 54.5 Å². The largest absolute Gasteiger partial charge is 0.495 e. The van der Waals surface area contributed by atoms with E-state index in [1.54, 1.807) is 0 Å². The monoisotopic (exact) mass is 344 g/mol. The maximum atomic E-state index is 13.6. The highest BCUT2D eigenvalue weighted by Gasteiger charge is 2.31. The number of anilines is 1. The lowest BCUT2D eigenvalue weighted by Crippen LogP contribution is -2.28. The van der Waals surface area contributed by atoms with E-state index in [4.69, 9.17) is 4.74 Å². The summed E-state index contributed by atoms with van der Waals surface area (Å²) in [4.78, 5) is 11.8. The topological polar surface area (TPSA) is 50.4 Å². The summed E-state index contributed by atoms with van der Waals surface area (Å²) in [6.45, 7) is 4.67. The third kappa shape index (κ3) is 5.45. The van der Waals surface area contributed by atoms with Crippen LogP contribution in [0.5, 0.6) is 5.75 Å². The molecule has 0 saturated carbocycles. The van der Waals surface area contributed by atoms with Gasteiger partial charge in [-0.3, -0.25) is 0 Å². The molecule has 24 heavy (non-hydrogen) atoms. The Morgan fingerprint density at radius 1 is 1.33 bits per heavy atom. The van der Waals surface area contributed by atoms with Gasteiger partial charge in [-0.25, -0.2) is 9.18 Å². The molecule has 0 radical (unpaired) electrons. The minimum atomic E-state index is -4.57. The fourth-order valence-electron chi connectivity index (χ4n) is 1.64. The number of hydrogen-bond acceptors (Lipinski definition) is 2. The fraction of sp³-hybridized carbons (Fsp3) is 0.188. The van der Waals surface area contributed by atoms with Crippen LogP contribution in [-0.2, 0) is 6.18 Å². The Balaban J connectivity index is 2.97. The lowest BCUT2D eigenvalue weighted by Gasteiger charge is -2.14. The molecule has 0 aromatic heterocycles. The number of halogens is 4. The van der Waals surface area contributed by atoms with Crippen molar-refractivity contribution < 1.29 is 27.1 Å². The first-order chi connectivity index (χ1) is 11.2. The summed E-state index contributed by atoms with van der Waals surface area (Å²) in [5, 5.41) is 4.37. The fourth-order valence-corrected chi connectivity index (χ4v) is 1.64. The Hall–Kier alpha value is -2.77. The van der Waals surface area contributed by atoms with Crippen LogP contribution in [0.3, 0.4) is 0 Å². The maximum absolute atomic E-state index is 13.6. The summed E-state index contributed by atoms with van der Waals surface area (Å²) >= 11 is 0. The molecular weight excluding hydrogens is 328 g/mol. The molecule has 0 aliphatic rings. The molecule has 0 spiro atoms. The SMILES string of the molecule is C=C/C=C\C(F)=C(/C)NC(=O)Nc1cc(C(F)(F)F)ccc1OC. The zero-order chi connectivity index (χ0) is 18.3. The third-order valence-corrected chi connectivity index (χ3v) is 2.81. The highest BCUT2D eigenvalue weighted by atomic mass is 19.4. The average Bonchev–Trinajstić information content (AvgIpc) is 2.51. The van der Waals surface area contributed by atoms with Gasteiger partial charge >= 0.3 is 12.2 Å². The highest BCUT2D eigenvalue weighted by Crippen LogP contribution is 2.34. The van der Waals surface area contributed by atoms with Crippen molar-refractivity contribution in [1.29, 1.82) is 0 Å². The molecule has 0 unspecified atom stereocenters.